The van der Waals surface area contributed by atoms with Gasteiger partial charge in [-0.2, -0.15) is 25.3 Å². The van der Waals surface area contributed by atoms with E-state index in [1.807, 2.05) is 0 Å². The number of azo groups is 1. The van der Waals surface area contributed by atoms with Crippen molar-refractivity contribution < 1.29 is 44.0 Å². The normalized spacial score (nSPS) is 12.7. The van der Waals surface area contributed by atoms with Gasteiger partial charge in [0.25, 0.3) is 30.4 Å². The number of hydrogen-bond acceptors (Lipinski definition) is 11. The highest BCUT2D eigenvalue weighted by molar-refractivity contribution is 7.86. The smallest absolute Gasteiger partial charge is 0.296 e. The van der Waals surface area contributed by atoms with Crippen LogP contribution in [-0.4, -0.2) is 44.0 Å². The molecule has 17 heteroatoms. The number of rotatable bonds is 7. The zero-order chi connectivity index (χ0) is 28.8. The lowest BCUT2D eigenvalue weighted by molar-refractivity contribution is 0.472. The molecule has 0 saturated carbocycles. The number of nitrogens with one attached hydrogen (secondary N) is 1. The highest BCUT2D eigenvalue weighted by atomic mass is 32.2. The van der Waals surface area contributed by atoms with Crippen molar-refractivity contribution in [2.75, 3.05) is 11.1 Å². The second kappa shape index (κ2) is 9.88. The van der Waals surface area contributed by atoms with Crippen LogP contribution in [0.1, 0.15) is 0 Å². The van der Waals surface area contributed by atoms with Gasteiger partial charge in [-0.3, -0.25) is 13.7 Å². The number of aromatic hydroxyl groups is 1. The molecule has 14 nitrogen and oxygen atoms in total. The van der Waals surface area contributed by atoms with Gasteiger partial charge in [-0.25, -0.2) is 0 Å². The third kappa shape index (κ3) is 5.98. The number of nitrogen functional groups attached to an aromatic ring is 1. The molecule has 0 radical (unpaired) electrons. The molecule has 0 saturated heterocycles. The van der Waals surface area contributed by atoms with Crippen LogP contribution in [0.15, 0.2) is 91.6 Å². The summed E-state index contributed by atoms with van der Waals surface area (Å²) in [6.45, 7) is 0. The van der Waals surface area contributed by atoms with Crippen molar-refractivity contribution in [3.63, 3.8) is 0 Å². The number of benzene rings is 4. The Balaban J connectivity index is 2.05. The van der Waals surface area contributed by atoms with Gasteiger partial charge < -0.3 is 16.2 Å². The van der Waals surface area contributed by atoms with Crippen molar-refractivity contribution >= 4 is 69.6 Å². The maximum atomic E-state index is 12.2. The molecule has 204 valence electrons. The molecule has 4 aromatic rings. The highest BCUT2D eigenvalue weighted by Gasteiger charge is 2.26. The number of hydrogen-bond donors (Lipinski definition) is 6. The summed E-state index contributed by atoms with van der Waals surface area (Å²) in [7, 11) is -14.8. The molecule has 39 heavy (non-hydrogen) atoms. The largest absolute Gasteiger partial charge is 0.505 e. The Labute approximate surface area is 221 Å². The van der Waals surface area contributed by atoms with Crippen molar-refractivity contribution in [2.24, 2.45) is 10.2 Å². The fraction of sp³-hybridized carbons (Fsp3) is 0. The lowest BCUT2D eigenvalue weighted by atomic mass is 10.1. The number of phenolic OH excluding ortho intramolecular Hbond substituents is 1. The third-order valence-corrected chi connectivity index (χ3v) is 7.85. The van der Waals surface area contributed by atoms with Crippen LogP contribution in [0.5, 0.6) is 5.75 Å². The number of para-hydroxylation sites is 1. The van der Waals surface area contributed by atoms with E-state index in [4.69, 9.17) is 5.73 Å². The molecule has 0 aromatic heterocycles. The SMILES string of the molecule is Nc1ccc(N=Nc2c(S(=O)(=O)O)cc3cc(S(=O)(=O)O)cc(Nc4ccccc4)c3c2O)c(S(=O)(=O)O)c1. The summed E-state index contributed by atoms with van der Waals surface area (Å²) in [5.74, 6) is -0.909. The first-order valence-electron chi connectivity index (χ1n) is 10.5. The Hall–Kier alpha value is -4.13. The minimum atomic E-state index is -5.15. The maximum Gasteiger partial charge on any atom is 0.296 e. The van der Waals surface area contributed by atoms with Crippen LogP contribution in [0, 0.1) is 0 Å². The fourth-order valence-corrected chi connectivity index (χ4v) is 5.46. The van der Waals surface area contributed by atoms with Crippen LogP contribution < -0.4 is 11.1 Å². The molecule has 0 heterocycles. The fourth-order valence-electron chi connectivity index (χ4n) is 3.60. The lowest BCUT2D eigenvalue weighted by Crippen LogP contribution is -2.03. The summed E-state index contributed by atoms with van der Waals surface area (Å²) in [6, 6.07) is 13.9. The Morgan fingerprint density at radius 2 is 1.36 bits per heavy atom. The first-order chi connectivity index (χ1) is 18.1. The molecule has 0 atom stereocenters. The molecule has 0 fully saturated rings. The summed E-state index contributed by atoms with van der Waals surface area (Å²) < 4.78 is 101. The highest BCUT2D eigenvalue weighted by Crippen LogP contribution is 2.46. The second-order valence-electron chi connectivity index (χ2n) is 7.98. The summed E-state index contributed by atoms with van der Waals surface area (Å²) in [5, 5.41) is 20.8. The van der Waals surface area contributed by atoms with Crippen LogP contribution in [0.4, 0.5) is 28.4 Å². The number of fused-ring (bicyclic) bond motifs is 1. The summed E-state index contributed by atoms with van der Waals surface area (Å²) >= 11 is 0. The molecule has 0 unspecified atom stereocenters. The lowest BCUT2D eigenvalue weighted by Gasteiger charge is -2.15. The van der Waals surface area contributed by atoms with Crippen molar-refractivity contribution in [2.45, 2.75) is 14.7 Å². The number of phenols is 1. The quantitative estimate of drug-likeness (QED) is 0.101. The third-order valence-electron chi connectivity index (χ3n) is 5.27. The second-order valence-corrected chi connectivity index (χ2v) is 12.2. The molecule has 4 rings (SSSR count). The standard InChI is InChI=1S/C22H18N4O10S3/c23-13-6-7-16(18(10-13)38(31,32)33)25-26-21-19(39(34,35)36)9-12-8-15(37(28,29)30)11-17(20(12)22(21)27)24-14-4-2-1-3-5-14/h1-11,24,27H,23H2,(H,28,29,30)(H,31,32,33)(H,34,35,36). The Kier molecular flexibility index (Phi) is 7.06. The molecule has 0 amide bonds. The number of anilines is 3. The molecule has 0 aliphatic carbocycles. The molecule has 0 bridgehead atoms. The van der Waals surface area contributed by atoms with Crippen molar-refractivity contribution in [3.8, 4) is 5.75 Å². The Morgan fingerprint density at radius 1 is 0.718 bits per heavy atom. The van der Waals surface area contributed by atoms with E-state index in [-0.39, 0.29) is 22.1 Å². The van der Waals surface area contributed by atoms with Gasteiger partial charge in [-0.05, 0) is 53.9 Å². The van der Waals surface area contributed by atoms with Crippen molar-refractivity contribution in [3.05, 3.63) is 66.7 Å². The molecule has 0 aliphatic rings. The number of nitrogens with two attached hydrogens (primary N) is 1. The van der Waals surface area contributed by atoms with Gasteiger partial charge in [-0.15, -0.1) is 10.2 Å². The molecule has 7 N–H and O–H groups in total. The predicted octanol–water partition coefficient (Wildman–Crippen LogP) is 4.03. The molecule has 0 aliphatic heterocycles. The van der Waals surface area contributed by atoms with Gasteiger partial charge >= 0.3 is 0 Å². The van der Waals surface area contributed by atoms with E-state index in [1.165, 1.54) is 6.07 Å². The van der Waals surface area contributed by atoms with Gasteiger partial charge in [0.15, 0.2) is 5.75 Å². The average Bonchev–Trinajstić information content (AvgIpc) is 2.82. The van der Waals surface area contributed by atoms with E-state index in [1.54, 1.807) is 30.3 Å². The zero-order valence-electron chi connectivity index (χ0n) is 19.3. The van der Waals surface area contributed by atoms with Crippen LogP contribution >= 0.6 is 0 Å². The molecular formula is C22H18N4O10S3. The van der Waals surface area contributed by atoms with Crippen LogP contribution in [0.3, 0.4) is 0 Å². The Morgan fingerprint density at radius 3 is 1.95 bits per heavy atom. The van der Waals surface area contributed by atoms with Gasteiger partial charge in [0.1, 0.15) is 21.2 Å². The van der Waals surface area contributed by atoms with E-state index < -0.39 is 62.2 Å². The minimum absolute atomic E-state index is 0.0555. The first-order valence-corrected chi connectivity index (χ1v) is 14.8. The summed E-state index contributed by atoms with van der Waals surface area (Å²) in [5.41, 5.74) is 4.45. The summed E-state index contributed by atoms with van der Waals surface area (Å²) in [4.78, 5) is -2.47. The van der Waals surface area contributed by atoms with Crippen LogP contribution in [0.25, 0.3) is 10.8 Å². The first kappa shape index (κ1) is 27.9. The Bertz CT molecular complexity index is 1980. The minimum Gasteiger partial charge on any atom is -0.505 e. The van der Waals surface area contributed by atoms with Crippen molar-refractivity contribution in [1.82, 2.24) is 0 Å². The van der Waals surface area contributed by atoms with Gasteiger partial charge in [0, 0.05) is 16.8 Å². The van der Waals surface area contributed by atoms with E-state index in [0.717, 1.165) is 30.3 Å². The van der Waals surface area contributed by atoms with E-state index >= 15 is 0 Å². The maximum absolute atomic E-state index is 12.2. The summed E-state index contributed by atoms with van der Waals surface area (Å²) in [6.07, 6.45) is 0. The topological polar surface area (TPSA) is 246 Å². The zero-order valence-corrected chi connectivity index (χ0v) is 21.7. The predicted molar refractivity (Wildman–Crippen MR) is 140 cm³/mol. The van der Waals surface area contributed by atoms with Crippen molar-refractivity contribution in [1.29, 1.82) is 0 Å². The van der Waals surface area contributed by atoms with Gasteiger partial charge in [-0.1, -0.05) is 18.2 Å². The number of nitrogens with zero attached hydrogens (tertiary/aromatic N) is 2. The van der Waals surface area contributed by atoms with E-state index in [2.05, 4.69) is 15.5 Å². The average molecular weight is 595 g/mol. The molecule has 0 spiro atoms. The van der Waals surface area contributed by atoms with E-state index in [9.17, 15) is 44.0 Å². The van der Waals surface area contributed by atoms with Crippen LogP contribution in [0.2, 0.25) is 0 Å². The monoisotopic (exact) mass is 594 g/mol. The van der Waals surface area contributed by atoms with Gasteiger partial charge in [0.05, 0.1) is 10.6 Å². The van der Waals surface area contributed by atoms with Crippen LogP contribution in [-0.2, 0) is 30.4 Å². The van der Waals surface area contributed by atoms with Gasteiger partial charge in [0.2, 0.25) is 0 Å². The molecule has 4 aromatic carbocycles. The van der Waals surface area contributed by atoms with E-state index in [0.29, 0.717) is 5.69 Å². The molecular weight excluding hydrogens is 576 g/mol.